The number of phenols is 1. The molecule has 0 amide bonds. The van der Waals surface area contributed by atoms with E-state index in [4.69, 9.17) is 4.74 Å². The molecule has 20 heavy (non-hydrogen) atoms. The molecule has 0 saturated heterocycles. The summed E-state index contributed by atoms with van der Waals surface area (Å²) < 4.78 is 5.38. The smallest absolute Gasteiger partial charge is 0.161 e. The van der Waals surface area contributed by atoms with Crippen LogP contribution in [-0.2, 0) is 6.54 Å². The average molecular weight is 289 g/mol. The number of thioether (sulfide) groups is 1. The Morgan fingerprint density at radius 2 is 2.05 bits per heavy atom. The van der Waals surface area contributed by atoms with Crippen LogP contribution in [-0.4, -0.2) is 18.0 Å². The fourth-order valence-electron chi connectivity index (χ4n) is 1.88. The molecule has 0 aliphatic carbocycles. The molecule has 4 heteroatoms. The van der Waals surface area contributed by atoms with Gasteiger partial charge in [0, 0.05) is 17.1 Å². The minimum atomic E-state index is 0.181. The summed E-state index contributed by atoms with van der Waals surface area (Å²) in [6.07, 6.45) is 2.06. The molecule has 2 rings (SSSR count). The van der Waals surface area contributed by atoms with E-state index in [1.807, 2.05) is 31.2 Å². The van der Waals surface area contributed by atoms with Crippen molar-refractivity contribution in [3.63, 3.8) is 0 Å². The Labute approximate surface area is 124 Å². The highest BCUT2D eigenvalue weighted by Gasteiger charge is 2.03. The van der Waals surface area contributed by atoms with Crippen LogP contribution in [0.2, 0.25) is 0 Å². The molecule has 0 aliphatic rings. The fourth-order valence-corrected chi connectivity index (χ4v) is 2.34. The van der Waals surface area contributed by atoms with Gasteiger partial charge in [0.15, 0.2) is 11.5 Å². The van der Waals surface area contributed by atoms with Gasteiger partial charge in [-0.1, -0.05) is 12.1 Å². The van der Waals surface area contributed by atoms with Crippen molar-refractivity contribution >= 4 is 17.4 Å². The number of anilines is 1. The van der Waals surface area contributed by atoms with E-state index in [0.717, 1.165) is 11.3 Å². The number of rotatable bonds is 6. The van der Waals surface area contributed by atoms with Crippen molar-refractivity contribution in [3.05, 3.63) is 48.0 Å². The molecule has 0 saturated carbocycles. The highest BCUT2D eigenvalue weighted by Crippen LogP contribution is 2.27. The summed E-state index contributed by atoms with van der Waals surface area (Å²) in [5, 5.41) is 13.0. The number of aromatic hydroxyl groups is 1. The highest BCUT2D eigenvalue weighted by atomic mass is 32.2. The minimum Gasteiger partial charge on any atom is -0.504 e. The zero-order valence-electron chi connectivity index (χ0n) is 11.7. The molecule has 0 aromatic heterocycles. The van der Waals surface area contributed by atoms with E-state index >= 15 is 0 Å². The Bertz CT molecular complexity index is 572. The number of hydrogen-bond donors (Lipinski definition) is 2. The first-order valence-corrected chi connectivity index (χ1v) is 7.78. The molecule has 0 spiro atoms. The minimum absolute atomic E-state index is 0.181. The van der Waals surface area contributed by atoms with E-state index in [1.165, 1.54) is 4.90 Å². The second-order valence-corrected chi connectivity index (χ2v) is 5.20. The number of ether oxygens (including phenoxy) is 1. The van der Waals surface area contributed by atoms with Gasteiger partial charge in [0.25, 0.3) is 0 Å². The summed E-state index contributed by atoms with van der Waals surface area (Å²) in [5.74, 6) is 0.713. The molecule has 2 aromatic rings. The van der Waals surface area contributed by atoms with Crippen molar-refractivity contribution < 1.29 is 9.84 Å². The van der Waals surface area contributed by atoms with Gasteiger partial charge < -0.3 is 15.2 Å². The molecular weight excluding hydrogens is 270 g/mol. The zero-order valence-corrected chi connectivity index (χ0v) is 12.5. The topological polar surface area (TPSA) is 41.5 Å². The van der Waals surface area contributed by atoms with Gasteiger partial charge in [-0.05, 0) is 49.1 Å². The Morgan fingerprint density at radius 3 is 2.80 bits per heavy atom. The fraction of sp³-hybridized carbons (Fsp3) is 0.250. The van der Waals surface area contributed by atoms with Crippen LogP contribution in [0.1, 0.15) is 12.5 Å². The maximum atomic E-state index is 9.67. The summed E-state index contributed by atoms with van der Waals surface area (Å²) in [6, 6.07) is 13.7. The van der Waals surface area contributed by atoms with E-state index in [-0.39, 0.29) is 5.75 Å². The molecule has 2 aromatic carbocycles. The first-order chi connectivity index (χ1) is 9.72. The van der Waals surface area contributed by atoms with Crippen LogP contribution in [0.25, 0.3) is 0 Å². The van der Waals surface area contributed by atoms with E-state index in [0.29, 0.717) is 18.9 Å². The maximum absolute atomic E-state index is 9.67. The molecular formula is C16H19NO2S. The SMILES string of the molecule is CCOc1cc(CNc2cccc(SC)c2)ccc1O. The molecule has 0 radical (unpaired) electrons. The van der Waals surface area contributed by atoms with Gasteiger partial charge in [-0.3, -0.25) is 0 Å². The predicted molar refractivity (Wildman–Crippen MR) is 84.8 cm³/mol. The van der Waals surface area contributed by atoms with Crippen LogP contribution in [0.4, 0.5) is 5.69 Å². The van der Waals surface area contributed by atoms with Crippen LogP contribution >= 0.6 is 11.8 Å². The lowest BCUT2D eigenvalue weighted by Crippen LogP contribution is -2.00. The van der Waals surface area contributed by atoms with Crippen molar-refractivity contribution in [3.8, 4) is 11.5 Å². The average Bonchev–Trinajstić information content (AvgIpc) is 2.48. The molecule has 0 unspecified atom stereocenters. The van der Waals surface area contributed by atoms with E-state index < -0.39 is 0 Å². The van der Waals surface area contributed by atoms with Gasteiger partial charge in [0.1, 0.15) is 0 Å². The van der Waals surface area contributed by atoms with Gasteiger partial charge in [-0.25, -0.2) is 0 Å². The van der Waals surface area contributed by atoms with Gasteiger partial charge in [-0.2, -0.15) is 0 Å². The molecule has 0 heterocycles. The Morgan fingerprint density at radius 1 is 1.20 bits per heavy atom. The lowest BCUT2D eigenvalue weighted by atomic mass is 10.2. The Kier molecular flexibility index (Phi) is 5.18. The summed E-state index contributed by atoms with van der Waals surface area (Å²) in [4.78, 5) is 1.23. The summed E-state index contributed by atoms with van der Waals surface area (Å²) in [5.41, 5.74) is 2.16. The van der Waals surface area contributed by atoms with Crippen molar-refractivity contribution in [2.24, 2.45) is 0 Å². The zero-order chi connectivity index (χ0) is 14.4. The normalized spacial score (nSPS) is 10.3. The molecule has 0 aliphatic heterocycles. The lowest BCUT2D eigenvalue weighted by Gasteiger charge is -2.10. The molecule has 0 bridgehead atoms. The van der Waals surface area contributed by atoms with Gasteiger partial charge >= 0.3 is 0 Å². The Balaban J connectivity index is 2.04. The van der Waals surface area contributed by atoms with E-state index in [9.17, 15) is 5.11 Å². The van der Waals surface area contributed by atoms with Crippen molar-refractivity contribution in [2.75, 3.05) is 18.2 Å². The van der Waals surface area contributed by atoms with E-state index in [2.05, 4.69) is 23.7 Å². The first kappa shape index (κ1) is 14.6. The van der Waals surface area contributed by atoms with Crippen LogP contribution in [0.5, 0.6) is 11.5 Å². The van der Waals surface area contributed by atoms with Crippen LogP contribution in [0.3, 0.4) is 0 Å². The molecule has 0 fully saturated rings. The van der Waals surface area contributed by atoms with Crippen LogP contribution in [0, 0.1) is 0 Å². The van der Waals surface area contributed by atoms with Gasteiger partial charge in [0.05, 0.1) is 6.61 Å². The summed E-state index contributed by atoms with van der Waals surface area (Å²) >= 11 is 1.72. The lowest BCUT2D eigenvalue weighted by molar-refractivity contribution is 0.318. The Hall–Kier alpha value is -1.81. The third kappa shape index (κ3) is 3.84. The number of nitrogens with one attached hydrogen (secondary N) is 1. The quantitative estimate of drug-likeness (QED) is 0.785. The number of benzene rings is 2. The second-order valence-electron chi connectivity index (χ2n) is 4.32. The van der Waals surface area contributed by atoms with Crippen LogP contribution in [0.15, 0.2) is 47.4 Å². The van der Waals surface area contributed by atoms with Crippen LogP contribution < -0.4 is 10.1 Å². The standard InChI is InChI=1S/C16H19NO2S/c1-3-19-16-9-12(7-8-15(16)18)11-17-13-5-4-6-14(10-13)20-2/h4-10,17-18H,3,11H2,1-2H3. The van der Waals surface area contributed by atoms with Crippen molar-refractivity contribution in [2.45, 2.75) is 18.4 Å². The highest BCUT2D eigenvalue weighted by molar-refractivity contribution is 7.98. The maximum Gasteiger partial charge on any atom is 0.161 e. The predicted octanol–water partition coefficient (Wildman–Crippen LogP) is 4.12. The van der Waals surface area contributed by atoms with E-state index in [1.54, 1.807) is 17.8 Å². The third-order valence-electron chi connectivity index (χ3n) is 2.89. The summed E-state index contributed by atoms with van der Waals surface area (Å²) in [7, 11) is 0. The largest absolute Gasteiger partial charge is 0.504 e. The monoisotopic (exact) mass is 289 g/mol. The van der Waals surface area contributed by atoms with Gasteiger partial charge in [-0.15, -0.1) is 11.8 Å². The molecule has 3 nitrogen and oxygen atoms in total. The molecule has 2 N–H and O–H groups in total. The summed E-state index contributed by atoms with van der Waals surface area (Å²) in [6.45, 7) is 3.14. The first-order valence-electron chi connectivity index (χ1n) is 6.55. The van der Waals surface area contributed by atoms with Crippen molar-refractivity contribution in [1.29, 1.82) is 0 Å². The number of phenolic OH excluding ortho intramolecular Hbond substituents is 1. The van der Waals surface area contributed by atoms with Gasteiger partial charge in [0.2, 0.25) is 0 Å². The van der Waals surface area contributed by atoms with Crippen molar-refractivity contribution in [1.82, 2.24) is 0 Å². The molecule has 0 atom stereocenters. The third-order valence-corrected chi connectivity index (χ3v) is 3.62. The second kappa shape index (κ2) is 7.10. The number of hydrogen-bond acceptors (Lipinski definition) is 4. The molecule has 106 valence electrons.